The summed E-state index contributed by atoms with van der Waals surface area (Å²) in [6.45, 7) is -0.379. The molecule has 0 spiro atoms. The van der Waals surface area contributed by atoms with Crippen LogP contribution >= 0.6 is 0 Å². The van der Waals surface area contributed by atoms with Gasteiger partial charge in [0, 0.05) is 0 Å². The maximum atomic E-state index is 13.1. The zero-order chi connectivity index (χ0) is 13.7. The number of likely N-dealkylation sites (N-methyl/N-ethyl adjacent to an activating group) is 1. The van der Waals surface area contributed by atoms with Gasteiger partial charge in [0.05, 0.1) is 25.8 Å². The summed E-state index contributed by atoms with van der Waals surface area (Å²) in [6.07, 6.45) is 0. The number of benzene rings is 1. The van der Waals surface area contributed by atoms with Crippen molar-refractivity contribution in [2.45, 2.75) is 0 Å². The lowest BCUT2D eigenvalue weighted by molar-refractivity contribution is -0.137. The van der Waals surface area contributed by atoms with E-state index < -0.39 is 17.6 Å². The molecule has 0 saturated carbocycles. The molecule has 0 aliphatic rings. The van der Waals surface area contributed by atoms with E-state index in [4.69, 9.17) is 9.84 Å². The Morgan fingerprint density at radius 3 is 2.61 bits per heavy atom. The van der Waals surface area contributed by atoms with Crippen molar-refractivity contribution in [3.05, 3.63) is 29.6 Å². The second-order valence-electron chi connectivity index (χ2n) is 3.83. The summed E-state index contributed by atoms with van der Waals surface area (Å²) in [5, 5.41) is 8.57. The number of methoxy groups -OCH3 is 1. The number of hydrogen-bond donors (Lipinski definition) is 1. The lowest BCUT2D eigenvalue weighted by Crippen LogP contribution is -2.31. The highest BCUT2D eigenvalue weighted by Gasteiger charge is 2.16. The first kappa shape index (κ1) is 14.1. The molecule has 5 nitrogen and oxygen atoms in total. The Morgan fingerprint density at radius 2 is 2.06 bits per heavy atom. The van der Waals surface area contributed by atoms with Crippen LogP contribution in [0.1, 0.15) is 10.4 Å². The van der Waals surface area contributed by atoms with E-state index in [0.29, 0.717) is 0 Å². The zero-order valence-electron chi connectivity index (χ0n) is 10.1. The van der Waals surface area contributed by atoms with Gasteiger partial charge in [-0.1, -0.05) is 0 Å². The molecule has 0 fully saturated rings. The SMILES string of the molecule is COc1ccc(F)cc1C(=O)CN(C)CC(=O)O. The molecule has 0 unspecified atom stereocenters. The van der Waals surface area contributed by atoms with Crippen LogP contribution in [0.15, 0.2) is 18.2 Å². The highest BCUT2D eigenvalue weighted by molar-refractivity contribution is 6.00. The third-order valence-corrected chi connectivity index (χ3v) is 2.28. The summed E-state index contributed by atoms with van der Waals surface area (Å²) in [5.41, 5.74) is 0.106. The van der Waals surface area contributed by atoms with Crippen molar-refractivity contribution in [1.82, 2.24) is 4.90 Å². The molecule has 1 N–H and O–H groups in total. The third-order valence-electron chi connectivity index (χ3n) is 2.28. The molecule has 18 heavy (non-hydrogen) atoms. The number of hydrogen-bond acceptors (Lipinski definition) is 4. The number of halogens is 1. The van der Waals surface area contributed by atoms with Crippen LogP contribution in [0, 0.1) is 5.82 Å². The minimum Gasteiger partial charge on any atom is -0.496 e. The maximum Gasteiger partial charge on any atom is 0.317 e. The molecule has 0 atom stereocenters. The fourth-order valence-corrected chi connectivity index (χ4v) is 1.52. The monoisotopic (exact) mass is 255 g/mol. The number of carboxylic acids is 1. The van der Waals surface area contributed by atoms with Gasteiger partial charge in [-0.2, -0.15) is 0 Å². The van der Waals surface area contributed by atoms with Gasteiger partial charge in [-0.25, -0.2) is 4.39 Å². The summed E-state index contributed by atoms with van der Waals surface area (Å²) < 4.78 is 18.0. The number of Topliss-reactive ketones (excluding diaryl/α,β-unsaturated/α-hetero) is 1. The summed E-state index contributed by atoms with van der Waals surface area (Å²) in [5.74, 6) is -1.70. The molecule has 0 aromatic heterocycles. The molecule has 1 rings (SSSR count). The van der Waals surface area contributed by atoms with E-state index in [2.05, 4.69) is 0 Å². The minimum absolute atomic E-state index is 0.106. The Hall–Kier alpha value is -1.95. The number of ether oxygens (including phenoxy) is 1. The van der Waals surface area contributed by atoms with Crippen LogP contribution in [-0.4, -0.2) is 49.0 Å². The number of nitrogens with zero attached hydrogens (tertiary/aromatic N) is 1. The second kappa shape index (κ2) is 6.11. The molecule has 98 valence electrons. The Labute approximate surface area is 104 Å². The lowest BCUT2D eigenvalue weighted by atomic mass is 10.1. The summed E-state index contributed by atoms with van der Waals surface area (Å²) in [4.78, 5) is 23.7. The minimum atomic E-state index is -1.03. The van der Waals surface area contributed by atoms with Crippen LogP contribution in [0.5, 0.6) is 5.75 Å². The van der Waals surface area contributed by atoms with E-state index in [1.54, 1.807) is 0 Å². The van der Waals surface area contributed by atoms with E-state index in [0.717, 1.165) is 6.07 Å². The first-order valence-corrected chi connectivity index (χ1v) is 5.21. The van der Waals surface area contributed by atoms with Gasteiger partial charge in [-0.05, 0) is 25.2 Å². The van der Waals surface area contributed by atoms with Gasteiger partial charge >= 0.3 is 5.97 Å². The molecule has 0 aliphatic heterocycles. The first-order valence-electron chi connectivity index (χ1n) is 5.21. The van der Waals surface area contributed by atoms with Gasteiger partial charge in [-0.3, -0.25) is 14.5 Å². The van der Waals surface area contributed by atoms with Crippen molar-refractivity contribution in [3.8, 4) is 5.75 Å². The zero-order valence-corrected chi connectivity index (χ0v) is 10.1. The van der Waals surface area contributed by atoms with Crippen LogP contribution in [0.4, 0.5) is 4.39 Å². The molecule has 0 heterocycles. The summed E-state index contributed by atoms with van der Waals surface area (Å²) in [6, 6.07) is 3.63. The van der Waals surface area contributed by atoms with Crippen LogP contribution in [0.2, 0.25) is 0 Å². The third kappa shape index (κ3) is 3.81. The van der Waals surface area contributed by atoms with Crippen molar-refractivity contribution in [2.24, 2.45) is 0 Å². The fourth-order valence-electron chi connectivity index (χ4n) is 1.52. The van der Waals surface area contributed by atoms with E-state index >= 15 is 0 Å². The van der Waals surface area contributed by atoms with Crippen molar-refractivity contribution >= 4 is 11.8 Å². The highest BCUT2D eigenvalue weighted by atomic mass is 19.1. The molecule has 0 saturated heterocycles. The average Bonchev–Trinajstić information content (AvgIpc) is 2.27. The standard InChI is InChI=1S/C12H14FNO4/c1-14(7-12(16)17)6-10(15)9-5-8(13)3-4-11(9)18-2/h3-5H,6-7H2,1-2H3,(H,16,17). The van der Waals surface area contributed by atoms with Crippen LogP contribution in [0.25, 0.3) is 0 Å². The van der Waals surface area contributed by atoms with Crippen LogP contribution < -0.4 is 4.74 Å². The lowest BCUT2D eigenvalue weighted by Gasteiger charge is -2.14. The van der Waals surface area contributed by atoms with Crippen molar-refractivity contribution in [3.63, 3.8) is 0 Å². The molecule has 0 amide bonds. The van der Waals surface area contributed by atoms with Gasteiger partial charge in [0.2, 0.25) is 0 Å². The van der Waals surface area contributed by atoms with Crippen LogP contribution in [0.3, 0.4) is 0 Å². The number of rotatable bonds is 6. The highest BCUT2D eigenvalue weighted by Crippen LogP contribution is 2.19. The number of carbonyl (C=O) groups is 2. The van der Waals surface area contributed by atoms with E-state index in [1.807, 2.05) is 0 Å². The summed E-state index contributed by atoms with van der Waals surface area (Å²) >= 11 is 0. The van der Waals surface area contributed by atoms with Gasteiger partial charge < -0.3 is 9.84 Å². The molecular formula is C12H14FNO4. The second-order valence-corrected chi connectivity index (χ2v) is 3.83. The number of carboxylic acid groups (broad SMARTS) is 1. The smallest absolute Gasteiger partial charge is 0.317 e. The molecule has 0 aliphatic carbocycles. The van der Waals surface area contributed by atoms with Gasteiger partial charge in [-0.15, -0.1) is 0 Å². The van der Waals surface area contributed by atoms with Crippen LogP contribution in [-0.2, 0) is 4.79 Å². The predicted molar refractivity (Wildman–Crippen MR) is 62.4 cm³/mol. The topological polar surface area (TPSA) is 66.8 Å². The Morgan fingerprint density at radius 1 is 1.39 bits per heavy atom. The van der Waals surface area contributed by atoms with E-state index in [9.17, 15) is 14.0 Å². The first-order chi connectivity index (χ1) is 8.43. The molecule has 0 bridgehead atoms. The molecule has 0 radical (unpaired) electrons. The number of ketones is 1. The maximum absolute atomic E-state index is 13.1. The molecule has 1 aromatic rings. The molecule has 1 aromatic carbocycles. The summed E-state index contributed by atoms with van der Waals surface area (Å²) in [7, 11) is 2.88. The largest absolute Gasteiger partial charge is 0.496 e. The van der Waals surface area contributed by atoms with Gasteiger partial charge in [0.15, 0.2) is 5.78 Å². The number of aliphatic carboxylic acids is 1. The van der Waals surface area contributed by atoms with Gasteiger partial charge in [0.1, 0.15) is 11.6 Å². The number of carbonyl (C=O) groups excluding carboxylic acids is 1. The van der Waals surface area contributed by atoms with E-state index in [1.165, 1.54) is 31.2 Å². The van der Waals surface area contributed by atoms with E-state index in [-0.39, 0.29) is 24.4 Å². The predicted octanol–water partition coefficient (Wildman–Crippen LogP) is 1.03. The average molecular weight is 255 g/mol. The fraction of sp³-hybridized carbons (Fsp3) is 0.333. The Kier molecular flexibility index (Phi) is 4.79. The molecule has 6 heteroatoms. The van der Waals surface area contributed by atoms with Crippen molar-refractivity contribution in [2.75, 3.05) is 27.2 Å². The van der Waals surface area contributed by atoms with Crippen molar-refractivity contribution < 1.29 is 23.8 Å². The Bertz CT molecular complexity index is 461. The molecular weight excluding hydrogens is 241 g/mol. The van der Waals surface area contributed by atoms with Gasteiger partial charge in [0.25, 0.3) is 0 Å². The Balaban J connectivity index is 2.83. The quantitative estimate of drug-likeness (QED) is 0.769. The normalized spacial score (nSPS) is 10.4. The van der Waals surface area contributed by atoms with Crippen molar-refractivity contribution in [1.29, 1.82) is 0 Å².